The summed E-state index contributed by atoms with van der Waals surface area (Å²) in [6.45, 7) is 5.72. The predicted molar refractivity (Wildman–Crippen MR) is 45.6 cm³/mol. The summed E-state index contributed by atoms with van der Waals surface area (Å²) in [5, 5.41) is 13.5. The van der Waals surface area contributed by atoms with Gasteiger partial charge in [-0.2, -0.15) is 5.06 Å². The molecule has 0 unspecified atom stereocenters. The smallest absolute Gasteiger partial charge is 0.0363 e. The Morgan fingerprint density at radius 2 is 2.09 bits per heavy atom. The molecule has 68 valence electrons. The Balaban J connectivity index is 2.97. The van der Waals surface area contributed by atoms with Crippen LogP contribution >= 0.6 is 0 Å². The number of nitrogens with two attached hydrogens (primary N) is 1. The number of hydrogen-bond donors (Lipinski definition) is 3. The third kappa shape index (κ3) is 7.74. The number of nitrogens with zero attached hydrogens (tertiary/aromatic N) is 1. The second-order valence-corrected chi connectivity index (χ2v) is 2.49. The molecule has 0 saturated heterocycles. The molecule has 0 aliphatic carbocycles. The van der Waals surface area contributed by atoms with E-state index in [1.165, 1.54) is 5.06 Å². The molecular weight excluding hydrogens is 142 g/mol. The first kappa shape index (κ1) is 10.8. The Labute approximate surface area is 68.3 Å². The highest BCUT2D eigenvalue weighted by Crippen LogP contribution is 1.82. The van der Waals surface area contributed by atoms with Crippen LogP contribution < -0.4 is 11.1 Å². The lowest BCUT2D eigenvalue weighted by Gasteiger charge is -2.13. The van der Waals surface area contributed by atoms with E-state index < -0.39 is 0 Å². The third-order valence-electron chi connectivity index (χ3n) is 1.35. The maximum atomic E-state index is 9.11. The van der Waals surface area contributed by atoms with Gasteiger partial charge in [0.1, 0.15) is 0 Å². The van der Waals surface area contributed by atoms with Crippen LogP contribution in [0.4, 0.5) is 0 Å². The summed E-state index contributed by atoms with van der Waals surface area (Å²) in [5.41, 5.74) is 5.27. The van der Waals surface area contributed by atoms with Gasteiger partial charge in [-0.3, -0.25) is 0 Å². The van der Waals surface area contributed by atoms with Gasteiger partial charge in [-0.15, -0.1) is 0 Å². The molecule has 0 aromatic carbocycles. The molecule has 4 heteroatoms. The zero-order valence-corrected chi connectivity index (χ0v) is 7.21. The van der Waals surface area contributed by atoms with Gasteiger partial charge in [-0.25, -0.2) is 0 Å². The first-order chi connectivity index (χ1) is 5.31. The van der Waals surface area contributed by atoms with Crippen molar-refractivity contribution in [1.82, 2.24) is 10.4 Å². The van der Waals surface area contributed by atoms with Crippen molar-refractivity contribution in [2.24, 2.45) is 5.73 Å². The molecule has 4 nitrogen and oxygen atoms in total. The quantitative estimate of drug-likeness (QED) is 0.352. The Hall–Kier alpha value is -0.160. The van der Waals surface area contributed by atoms with E-state index in [2.05, 4.69) is 5.32 Å². The van der Waals surface area contributed by atoms with Crippen LogP contribution in [0, 0.1) is 0 Å². The highest BCUT2D eigenvalue weighted by Gasteiger charge is 1.95. The Morgan fingerprint density at radius 1 is 1.36 bits per heavy atom. The molecule has 0 spiro atoms. The minimum atomic E-state index is 0.652. The normalized spacial score (nSPS) is 10.9. The average Bonchev–Trinajstić information content (AvgIpc) is 1.99. The van der Waals surface area contributed by atoms with Gasteiger partial charge >= 0.3 is 0 Å². The van der Waals surface area contributed by atoms with E-state index in [4.69, 9.17) is 10.9 Å². The van der Waals surface area contributed by atoms with Gasteiger partial charge in [0.15, 0.2) is 0 Å². The van der Waals surface area contributed by atoms with Crippen LogP contribution in [0.25, 0.3) is 0 Å². The minimum absolute atomic E-state index is 0.652. The molecule has 0 atom stereocenters. The minimum Gasteiger partial charge on any atom is -0.329 e. The van der Waals surface area contributed by atoms with Crippen LogP contribution in [0.15, 0.2) is 0 Å². The zero-order chi connectivity index (χ0) is 8.53. The van der Waals surface area contributed by atoms with E-state index in [0.717, 1.165) is 26.1 Å². The first-order valence-corrected chi connectivity index (χ1v) is 4.15. The molecule has 0 bridgehead atoms. The van der Waals surface area contributed by atoms with Gasteiger partial charge < -0.3 is 16.3 Å². The summed E-state index contributed by atoms with van der Waals surface area (Å²) in [6.07, 6.45) is 0.980. The second kappa shape index (κ2) is 7.94. The summed E-state index contributed by atoms with van der Waals surface area (Å²) >= 11 is 0. The molecule has 0 heterocycles. The van der Waals surface area contributed by atoms with E-state index in [1.54, 1.807) is 0 Å². The van der Waals surface area contributed by atoms with Crippen molar-refractivity contribution in [3.63, 3.8) is 0 Å². The number of hydroxylamine groups is 2. The van der Waals surface area contributed by atoms with Crippen LogP contribution in [0.5, 0.6) is 0 Å². The van der Waals surface area contributed by atoms with Crippen molar-refractivity contribution >= 4 is 0 Å². The molecule has 0 aromatic heterocycles. The molecule has 0 aliphatic rings. The van der Waals surface area contributed by atoms with Gasteiger partial charge in [0, 0.05) is 32.7 Å². The lowest BCUT2D eigenvalue weighted by Crippen LogP contribution is -2.32. The highest BCUT2D eigenvalue weighted by molar-refractivity contribution is 4.50. The fourth-order valence-electron chi connectivity index (χ4n) is 0.805. The monoisotopic (exact) mass is 161 g/mol. The number of rotatable bonds is 7. The van der Waals surface area contributed by atoms with Crippen molar-refractivity contribution in [3.05, 3.63) is 0 Å². The molecule has 4 N–H and O–H groups in total. The fourth-order valence-corrected chi connectivity index (χ4v) is 0.805. The van der Waals surface area contributed by atoms with Gasteiger partial charge in [0.2, 0.25) is 0 Å². The average molecular weight is 161 g/mol. The lowest BCUT2D eigenvalue weighted by atomic mass is 10.4. The number of nitrogens with one attached hydrogen (secondary N) is 1. The van der Waals surface area contributed by atoms with Gasteiger partial charge in [0.05, 0.1) is 0 Å². The Kier molecular flexibility index (Phi) is 7.83. The van der Waals surface area contributed by atoms with Crippen LogP contribution in [-0.4, -0.2) is 43.0 Å². The summed E-state index contributed by atoms with van der Waals surface area (Å²) in [5.74, 6) is 0. The van der Waals surface area contributed by atoms with Crippen molar-refractivity contribution < 1.29 is 5.21 Å². The Morgan fingerprint density at radius 3 is 2.64 bits per heavy atom. The van der Waals surface area contributed by atoms with Crippen molar-refractivity contribution in [2.75, 3.05) is 32.7 Å². The molecule has 0 saturated carbocycles. The highest BCUT2D eigenvalue weighted by atomic mass is 16.5. The largest absolute Gasteiger partial charge is 0.329 e. The standard InChI is InChI=1S/C7H19N3O/c1-2-6-10(11)7-5-9-4-3-8/h9,11H,2-8H2,1H3. The van der Waals surface area contributed by atoms with Crippen molar-refractivity contribution in [3.8, 4) is 0 Å². The maximum Gasteiger partial charge on any atom is 0.0363 e. The zero-order valence-electron chi connectivity index (χ0n) is 7.21. The topological polar surface area (TPSA) is 61.5 Å². The summed E-state index contributed by atoms with van der Waals surface area (Å²) in [6, 6.07) is 0. The van der Waals surface area contributed by atoms with E-state index >= 15 is 0 Å². The van der Waals surface area contributed by atoms with Crippen LogP contribution in [0.3, 0.4) is 0 Å². The first-order valence-electron chi connectivity index (χ1n) is 4.15. The van der Waals surface area contributed by atoms with Crippen LogP contribution in [0.1, 0.15) is 13.3 Å². The summed E-state index contributed by atoms with van der Waals surface area (Å²) < 4.78 is 0. The molecule has 0 amide bonds. The third-order valence-corrected chi connectivity index (χ3v) is 1.35. The van der Waals surface area contributed by atoms with E-state index in [0.29, 0.717) is 13.1 Å². The van der Waals surface area contributed by atoms with Gasteiger partial charge in [-0.05, 0) is 6.42 Å². The van der Waals surface area contributed by atoms with Crippen molar-refractivity contribution in [2.45, 2.75) is 13.3 Å². The van der Waals surface area contributed by atoms with E-state index in [9.17, 15) is 0 Å². The lowest BCUT2D eigenvalue weighted by molar-refractivity contribution is -0.0888. The van der Waals surface area contributed by atoms with Crippen LogP contribution in [0.2, 0.25) is 0 Å². The van der Waals surface area contributed by atoms with Gasteiger partial charge in [-0.1, -0.05) is 6.92 Å². The second-order valence-electron chi connectivity index (χ2n) is 2.49. The predicted octanol–water partition coefficient (Wildman–Crippen LogP) is -0.364. The van der Waals surface area contributed by atoms with Crippen molar-refractivity contribution in [1.29, 1.82) is 0 Å². The molecular formula is C7H19N3O. The molecule has 0 rings (SSSR count). The SMILES string of the molecule is CCCN(O)CCNCCN. The Bertz CT molecular complexity index is 80.1. The maximum absolute atomic E-state index is 9.11. The summed E-state index contributed by atoms with van der Waals surface area (Å²) in [7, 11) is 0. The fraction of sp³-hybridized carbons (Fsp3) is 1.00. The molecule has 0 aliphatic heterocycles. The molecule has 0 radical (unpaired) electrons. The summed E-state index contributed by atoms with van der Waals surface area (Å²) in [4.78, 5) is 0. The molecule has 0 aromatic rings. The molecule has 0 fully saturated rings. The molecule has 11 heavy (non-hydrogen) atoms. The van der Waals surface area contributed by atoms with Crippen LogP contribution in [-0.2, 0) is 0 Å². The van der Waals surface area contributed by atoms with Gasteiger partial charge in [0.25, 0.3) is 0 Å². The number of hydrogen-bond acceptors (Lipinski definition) is 4. The van der Waals surface area contributed by atoms with E-state index in [-0.39, 0.29) is 0 Å². The van der Waals surface area contributed by atoms with E-state index in [1.807, 2.05) is 6.92 Å².